The van der Waals surface area contributed by atoms with Crippen LogP contribution >= 0.6 is 0 Å². The van der Waals surface area contributed by atoms with E-state index in [1.807, 2.05) is 0 Å². The highest BCUT2D eigenvalue weighted by Crippen LogP contribution is 2.26. The highest BCUT2D eigenvalue weighted by Gasteiger charge is 2.22. The van der Waals surface area contributed by atoms with Gasteiger partial charge in [-0.05, 0) is 35.4 Å². The number of hydrogen-bond donors (Lipinski definition) is 3. The van der Waals surface area contributed by atoms with Crippen LogP contribution < -0.4 is 0 Å². The lowest BCUT2D eigenvalue weighted by atomic mass is 9.91. The van der Waals surface area contributed by atoms with E-state index >= 15 is 0 Å². The van der Waals surface area contributed by atoms with Gasteiger partial charge in [-0.25, -0.2) is 4.79 Å². The normalized spacial score (nSPS) is 11.8. The molecule has 20 heavy (non-hydrogen) atoms. The Labute approximate surface area is 114 Å². The van der Waals surface area contributed by atoms with Crippen molar-refractivity contribution in [3.63, 3.8) is 0 Å². The molecule has 3 N–H and O–H groups in total. The summed E-state index contributed by atoms with van der Waals surface area (Å²) in [4.78, 5) is 22.2. The maximum atomic E-state index is 11.4. The van der Waals surface area contributed by atoms with Gasteiger partial charge in [-0.2, -0.15) is 0 Å². The number of phenols is 1. The molecular weight excluding hydrogens is 260 g/mol. The van der Waals surface area contributed by atoms with Gasteiger partial charge in [0.05, 0.1) is 5.56 Å². The summed E-state index contributed by atoms with van der Waals surface area (Å²) in [5, 5.41) is 27.4. The molecule has 0 aliphatic heterocycles. The second-order valence-corrected chi connectivity index (χ2v) is 4.29. The van der Waals surface area contributed by atoms with Crippen LogP contribution in [0.4, 0.5) is 0 Å². The average molecular weight is 272 g/mol. The number of carboxylic acids is 2. The molecule has 5 heteroatoms. The Morgan fingerprint density at radius 2 is 1.25 bits per heavy atom. The van der Waals surface area contributed by atoms with E-state index in [0.29, 0.717) is 11.1 Å². The van der Waals surface area contributed by atoms with E-state index in [1.165, 1.54) is 48.5 Å². The van der Waals surface area contributed by atoms with Crippen molar-refractivity contribution in [1.82, 2.24) is 0 Å². The third-order valence-corrected chi connectivity index (χ3v) is 2.96. The zero-order chi connectivity index (χ0) is 14.7. The summed E-state index contributed by atoms with van der Waals surface area (Å²) in [5.74, 6) is -2.95. The van der Waals surface area contributed by atoms with Gasteiger partial charge in [-0.15, -0.1) is 0 Å². The summed E-state index contributed by atoms with van der Waals surface area (Å²) in [6, 6.07) is 11.6. The van der Waals surface area contributed by atoms with Gasteiger partial charge in [0.15, 0.2) is 0 Å². The molecular formula is C15H12O5. The summed E-state index contributed by atoms with van der Waals surface area (Å²) in [7, 11) is 0. The quantitative estimate of drug-likeness (QED) is 0.793. The molecule has 0 saturated carbocycles. The molecule has 102 valence electrons. The number of rotatable bonds is 4. The maximum Gasteiger partial charge on any atom is 0.335 e. The molecule has 0 aliphatic carbocycles. The van der Waals surface area contributed by atoms with Crippen LogP contribution in [-0.4, -0.2) is 27.3 Å². The predicted molar refractivity (Wildman–Crippen MR) is 71.0 cm³/mol. The summed E-state index contributed by atoms with van der Waals surface area (Å²) in [6.07, 6.45) is 0. The molecule has 0 radical (unpaired) electrons. The van der Waals surface area contributed by atoms with Crippen LogP contribution in [0, 0.1) is 0 Å². The number of carboxylic acid groups (broad SMARTS) is 2. The molecule has 1 atom stereocenters. The fraction of sp³-hybridized carbons (Fsp3) is 0.0667. The number of aromatic carboxylic acids is 1. The molecule has 0 fully saturated rings. The molecule has 0 heterocycles. The van der Waals surface area contributed by atoms with Gasteiger partial charge in [0.1, 0.15) is 11.7 Å². The van der Waals surface area contributed by atoms with E-state index in [4.69, 9.17) is 5.11 Å². The van der Waals surface area contributed by atoms with Crippen LogP contribution in [0.1, 0.15) is 27.4 Å². The van der Waals surface area contributed by atoms with E-state index in [0.717, 1.165) is 0 Å². The van der Waals surface area contributed by atoms with Gasteiger partial charge >= 0.3 is 11.9 Å². The molecule has 0 bridgehead atoms. The van der Waals surface area contributed by atoms with Crippen LogP contribution in [0.3, 0.4) is 0 Å². The standard InChI is InChI=1S/C15H12O5/c16-12-7-5-10(6-8-12)13(15(19)20)9-1-3-11(4-2-9)14(17)18/h1-8,13,16H,(H,17,18)(H,19,20). The zero-order valence-corrected chi connectivity index (χ0v) is 10.4. The molecule has 0 amide bonds. The second-order valence-electron chi connectivity index (χ2n) is 4.29. The summed E-state index contributed by atoms with van der Waals surface area (Å²) < 4.78 is 0. The Kier molecular flexibility index (Phi) is 3.70. The largest absolute Gasteiger partial charge is 0.508 e. The summed E-state index contributed by atoms with van der Waals surface area (Å²) in [5.41, 5.74) is 1.09. The average Bonchev–Trinajstić information content (AvgIpc) is 2.41. The minimum Gasteiger partial charge on any atom is -0.508 e. The van der Waals surface area contributed by atoms with Crippen LogP contribution in [-0.2, 0) is 4.79 Å². The number of aromatic hydroxyl groups is 1. The Balaban J connectivity index is 2.40. The van der Waals surface area contributed by atoms with Gasteiger partial charge < -0.3 is 15.3 Å². The lowest BCUT2D eigenvalue weighted by Gasteiger charge is -2.13. The number of aliphatic carboxylic acids is 1. The third kappa shape index (κ3) is 2.77. The maximum absolute atomic E-state index is 11.4. The van der Waals surface area contributed by atoms with Crippen LogP contribution in [0.15, 0.2) is 48.5 Å². The van der Waals surface area contributed by atoms with E-state index in [-0.39, 0.29) is 11.3 Å². The number of phenolic OH excluding ortho intramolecular Hbond substituents is 1. The smallest absolute Gasteiger partial charge is 0.335 e. The van der Waals surface area contributed by atoms with Crippen molar-refractivity contribution in [2.75, 3.05) is 0 Å². The number of carbonyl (C=O) groups is 2. The Bertz CT molecular complexity index is 628. The van der Waals surface area contributed by atoms with Gasteiger partial charge in [-0.1, -0.05) is 24.3 Å². The Hall–Kier alpha value is -2.82. The highest BCUT2D eigenvalue weighted by atomic mass is 16.4. The fourth-order valence-corrected chi connectivity index (χ4v) is 1.96. The fourth-order valence-electron chi connectivity index (χ4n) is 1.96. The van der Waals surface area contributed by atoms with Crippen molar-refractivity contribution in [1.29, 1.82) is 0 Å². The van der Waals surface area contributed by atoms with Gasteiger partial charge in [0.2, 0.25) is 0 Å². The third-order valence-electron chi connectivity index (χ3n) is 2.96. The highest BCUT2D eigenvalue weighted by molar-refractivity contribution is 5.88. The first-order valence-electron chi connectivity index (χ1n) is 5.84. The lowest BCUT2D eigenvalue weighted by molar-refractivity contribution is -0.137. The SMILES string of the molecule is O=C(O)c1ccc(C(C(=O)O)c2ccc(O)cc2)cc1. The molecule has 1 unspecified atom stereocenters. The Morgan fingerprint density at radius 3 is 1.65 bits per heavy atom. The topological polar surface area (TPSA) is 94.8 Å². The van der Waals surface area contributed by atoms with Crippen LogP contribution in [0.2, 0.25) is 0 Å². The molecule has 0 aromatic heterocycles. The van der Waals surface area contributed by atoms with Gasteiger partial charge in [0.25, 0.3) is 0 Å². The molecule has 0 saturated heterocycles. The first kappa shape index (κ1) is 13.6. The van der Waals surface area contributed by atoms with Crippen LogP contribution in [0.5, 0.6) is 5.75 Å². The van der Waals surface area contributed by atoms with Crippen molar-refractivity contribution in [3.8, 4) is 5.75 Å². The van der Waals surface area contributed by atoms with E-state index in [9.17, 15) is 19.8 Å². The Morgan fingerprint density at radius 1 is 0.800 bits per heavy atom. The molecule has 5 nitrogen and oxygen atoms in total. The number of benzene rings is 2. The number of hydrogen-bond acceptors (Lipinski definition) is 3. The predicted octanol–water partition coefficient (Wildman–Crippen LogP) is 2.31. The summed E-state index contributed by atoms with van der Waals surface area (Å²) in [6.45, 7) is 0. The zero-order valence-electron chi connectivity index (χ0n) is 10.4. The molecule has 2 rings (SSSR count). The van der Waals surface area contributed by atoms with Crippen molar-refractivity contribution < 1.29 is 24.9 Å². The second kappa shape index (κ2) is 5.44. The minimum atomic E-state index is -1.06. The van der Waals surface area contributed by atoms with E-state index < -0.39 is 17.9 Å². The van der Waals surface area contributed by atoms with Crippen molar-refractivity contribution in [2.45, 2.75) is 5.92 Å². The van der Waals surface area contributed by atoms with Gasteiger partial charge in [-0.3, -0.25) is 4.79 Å². The van der Waals surface area contributed by atoms with Crippen LogP contribution in [0.25, 0.3) is 0 Å². The van der Waals surface area contributed by atoms with E-state index in [1.54, 1.807) is 0 Å². The van der Waals surface area contributed by atoms with Crippen molar-refractivity contribution >= 4 is 11.9 Å². The van der Waals surface area contributed by atoms with Crippen molar-refractivity contribution in [2.24, 2.45) is 0 Å². The minimum absolute atomic E-state index is 0.0547. The molecule has 0 aliphatic rings. The molecule has 2 aromatic rings. The first-order chi connectivity index (χ1) is 9.49. The van der Waals surface area contributed by atoms with Gasteiger partial charge in [0, 0.05) is 0 Å². The monoisotopic (exact) mass is 272 g/mol. The summed E-state index contributed by atoms with van der Waals surface area (Å²) >= 11 is 0. The first-order valence-corrected chi connectivity index (χ1v) is 5.84. The van der Waals surface area contributed by atoms with E-state index in [2.05, 4.69) is 0 Å². The van der Waals surface area contributed by atoms with Crippen molar-refractivity contribution in [3.05, 3.63) is 65.2 Å². The molecule has 0 spiro atoms. The lowest BCUT2D eigenvalue weighted by Crippen LogP contribution is -2.13. The molecule has 2 aromatic carbocycles.